The van der Waals surface area contributed by atoms with Crippen LogP contribution in [0.25, 0.3) is 0 Å². The maximum absolute atomic E-state index is 4.51. The van der Waals surface area contributed by atoms with Gasteiger partial charge in [0.1, 0.15) is 0 Å². The van der Waals surface area contributed by atoms with Gasteiger partial charge in [-0.1, -0.05) is 6.92 Å². The molecule has 2 rings (SSSR count). The molecule has 0 aromatic carbocycles. The van der Waals surface area contributed by atoms with Gasteiger partial charge >= 0.3 is 0 Å². The summed E-state index contributed by atoms with van der Waals surface area (Å²) in [6, 6.07) is 1.09. The van der Waals surface area contributed by atoms with Gasteiger partial charge in [-0.2, -0.15) is 0 Å². The Bertz CT molecular complexity index is 516. The summed E-state index contributed by atoms with van der Waals surface area (Å²) in [5, 5.41) is 3.56. The molecular weight excluding hydrogens is 439 g/mol. The molecule has 1 aliphatic heterocycles. The molecule has 1 fully saturated rings. The third-order valence-corrected chi connectivity index (χ3v) is 5.44. The molecule has 0 amide bonds. The molecule has 26 heavy (non-hydrogen) atoms. The van der Waals surface area contributed by atoms with Crippen LogP contribution in [0.2, 0.25) is 0 Å². The number of guanidine groups is 1. The van der Waals surface area contributed by atoms with Crippen molar-refractivity contribution in [1.82, 2.24) is 24.7 Å². The van der Waals surface area contributed by atoms with Crippen molar-refractivity contribution >= 4 is 29.9 Å². The minimum Gasteiger partial charge on any atom is -0.356 e. The molecule has 0 spiro atoms. The van der Waals surface area contributed by atoms with Crippen LogP contribution in [0.15, 0.2) is 23.7 Å². The fourth-order valence-corrected chi connectivity index (χ4v) is 3.37. The lowest BCUT2D eigenvalue weighted by molar-refractivity contribution is 0.189. The minimum atomic E-state index is 0. The quantitative estimate of drug-likeness (QED) is 0.285. The van der Waals surface area contributed by atoms with Crippen LogP contribution in [0, 0.1) is 5.92 Å². The molecule has 2 atom stereocenters. The predicted octanol–water partition coefficient (Wildman–Crippen LogP) is 3.08. The van der Waals surface area contributed by atoms with Gasteiger partial charge in [0, 0.05) is 45.1 Å². The first-order chi connectivity index (χ1) is 12.0. The highest BCUT2D eigenvalue weighted by Gasteiger charge is 2.28. The largest absolute Gasteiger partial charge is 0.356 e. The summed E-state index contributed by atoms with van der Waals surface area (Å²) in [4.78, 5) is 13.5. The first-order valence-electron chi connectivity index (χ1n) is 9.66. The summed E-state index contributed by atoms with van der Waals surface area (Å²) in [5.41, 5.74) is 0. The maximum atomic E-state index is 4.51. The summed E-state index contributed by atoms with van der Waals surface area (Å²) in [7, 11) is 4.08. The zero-order valence-electron chi connectivity index (χ0n) is 17.1. The van der Waals surface area contributed by atoms with Crippen LogP contribution in [0.1, 0.15) is 46.1 Å². The van der Waals surface area contributed by atoms with Crippen molar-refractivity contribution < 1.29 is 0 Å². The average molecular weight is 476 g/mol. The van der Waals surface area contributed by atoms with E-state index in [1.165, 1.54) is 19.3 Å². The topological polar surface area (TPSA) is 48.7 Å². The summed E-state index contributed by atoms with van der Waals surface area (Å²) in [6.07, 6.45) is 9.45. The van der Waals surface area contributed by atoms with Crippen LogP contribution in [-0.2, 0) is 0 Å². The van der Waals surface area contributed by atoms with E-state index >= 15 is 0 Å². The van der Waals surface area contributed by atoms with Gasteiger partial charge in [0.05, 0.1) is 12.4 Å². The number of halogens is 1. The molecule has 1 aromatic rings. The first-order valence-corrected chi connectivity index (χ1v) is 9.66. The van der Waals surface area contributed by atoms with Gasteiger partial charge in [0.15, 0.2) is 5.96 Å². The molecule has 1 N–H and O–H groups in total. The van der Waals surface area contributed by atoms with Gasteiger partial charge in [0.2, 0.25) is 0 Å². The van der Waals surface area contributed by atoms with E-state index in [2.05, 4.69) is 63.7 Å². The molecule has 0 bridgehead atoms. The average Bonchev–Trinajstić information content (AvgIpc) is 3.13. The van der Waals surface area contributed by atoms with Crippen LogP contribution in [-0.4, -0.2) is 71.6 Å². The lowest BCUT2D eigenvalue weighted by atomic mass is 9.93. The number of aliphatic imine (C=N–C) groups is 1. The first kappa shape index (κ1) is 23.2. The highest BCUT2D eigenvalue weighted by Crippen LogP contribution is 2.27. The summed E-state index contributed by atoms with van der Waals surface area (Å²) in [6.45, 7) is 11.0. The van der Waals surface area contributed by atoms with Crippen LogP contribution in [0.5, 0.6) is 0 Å². The molecule has 2 heterocycles. The van der Waals surface area contributed by atoms with Crippen molar-refractivity contribution in [3.05, 3.63) is 18.7 Å². The SMILES string of the molecule is CN=C(NCCCCN(C)C(C)C)N1CCC(C)C(n2ccnc2)C1.I. The molecule has 0 saturated carbocycles. The second-order valence-corrected chi connectivity index (χ2v) is 7.54. The Morgan fingerprint density at radius 1 is 1.38 bits per heavy atom. The van der Waals surface area contributed by atoms with E-state index in [1.54, 1.807) is 0 Å². The van der Waals surface area contributed by atoms with E-state index in [-0.39, 0.29) is 24.0 Å². The van der Waals surface area contributed by atoms with Crippen LogP contribution in [0.3, 0.4) is 0 Å². The molecule has 1 saturated heterocycles. The van der Waals surface area contributed by atoms with Crippen molar-refractivity contribution in [2.45, 2.75) is 52.1 Å². The Labute approximate surface area is 176 Å². The third-order valence-electron chi connectivity index (χ3n) is 5.44. The summed E-state index contributed by atoms with van der Waals surface area (Å²) >= 11 is 0. The third kappa shape index (κ3) is 6.72. The maximum Gasteiger partial charge on any atom is 0.193 e. The number of aromatic nitrogens is 2. The standard InChI is InChI=1S/C19H36N6.HI/c1-16(2)23(5)11-7-6-9-22-19(20-4)24-12-8-17(3)18(14-24)25-13-10-21-15-25;/h10,13,15-18H,6-9,11-12,14H2,1-5H3,(H,20,22);1H. The highest BCUT2D eigenvalue weighted by atomic mass is 127. The minimum absolute atomic E-state index is 0. The van der Waals surface area contributed by atoms with E-state index in [0.717, 1.165) is 32.1 Å². The number of likely N-dealkylation sites (tertiary alicyclic amines) is 1. The Hall–Kier alpha value is -0.830. The number of rotatable bonds is 7. The van der Waals surface area contributed by atoms with Crippen molar-refractivity contribution in [3.63, 3.8) is 0 Å². The van der Waals surface area contributed by atoms with Gasteiger partial charge in [-0.15, -0.1) is 24.0 Å². The normalized spacial score (nSPS) is 21.2. The fourth-order valence-electron chi connectivity index (χ4n) is 3.37. The van der Waals surface area contributed by atoms with Crippen LogP contribution < -0.4 is 5.32 Å². The Kier molecular flexibility index (Phi) is 10.5. The number of hydrogen-bond donors (Lipinski definition) is 1. The molecule has 7 heteroatoms. The van der Waals surface area contributed by atoms with E-state index < -0.39 is 0 Å². The predicted molar refractivity (Wildman–Crippen MR) is 120 cm³/mol. The van der Waals surface area contributed by atoms with E-state index in [0.29, 0.717) is 18.0 Å². The number of hydrogen-bond acceptors (Lipinski definition) is 3. The van der Waals surface area contributed by atoms with Gasteiger partial charge in [-0.3, -0.25) is 4.99 Å². The zero-order chi connectivity index (χ0) is 18.2. The smallest absolute Gasteiger partial charge is 0.193 e. The molecular formula is C19H37IN6. The monoisotopic (exact) mass is 476 g/mol. The molecule has 2 unspecified atom stereocenters. The van der Waals surface area contributed by atoms with Crippen molar-refractivity contribution in [3.8, 4) is 0 Å². The van der Waals surface area contributed by atoms with Crippen molar-refractivity contribution in [1.29, 1.82) is 0 Å². The number of piperidine rings is 1. The van der Waals surface area contributed by atoms with E-state index in [9.17, 15) is 0 Å². The molecule has 150 valence electrons. The van der Waals surface area contributed by atoms with Gasteiger partial charge < -0.3 is 19.7 Å². The van der Waals surface area contributed by atoms with Gasteiger partial charge in [-0.05, 0) is 52.6 Å². The second-order valence-electron chi connectivity index (χ2n) is 7.54. The number of nitrogens with one attached hydrogen (secondary N) is 1. The van der Waals surface area contributed by atoms with Crippen molar-refractivity contribution in [2.24, 2.45) is 10.9 Å². The summed E-state index contributed by atoms with van der Waals surface area (Å²) < 4.78 is 2.24. The molecule has 0 radical (unpaired) electrons. The van der Waals surface area contributed by atoms with E-state index in [1.807, 2.05) is 19.6 Å². The van der Waals surface area contributed by atoms with Gasteiger partial charge in [0.25, 0.3) is 0 Å². The molecule has 0 aliphatic carbocycles. The Balaban J connectivity index is 0.00000338. The zero-order valence-corrected chi connectivity index (χ0v) is 19.4. The van der Waals surface area contributed by atoms with Crippen LogP contribution >= 0.6 is 24.0 Å². The molecule has 1 aliphatic rings. The van der Waals surface area contributed by atoms with E-state index in [4.69, 9.17) is 0 Å². The number of nitrogens with zero attached hydrogens (tertiary/aromatic N) is 5. The number of imidazole rings is 1. The highest BCUT2D eigenvalue weighted by molar-refractivity contribution is 14.0. The molecule has 1 aromatic heterocycles. The Morgan fingerprint density at radius 3 is 2.77 bits per heavy atom. The summed E-state index contributed by atoms with van der Waals surface area (Å²) in [5.74, 6) is 1.70. The van der Waals surface area contributed by atoms with Gasteiger partial charge in [-0.25, -0.2) is 4.98 Å². The fraction of sp³-hybridized carbons (Fsp3) is 0.789. The Morgan fingerprint density at radius 2 is 2.15 bits per heavy atom. The van der Waals surface area contributed by atoms with Crippen molar-refractivity contribution in [2.75, 3.05) is 40.3 Å². The lowest BCUT2D eigenvalue weighted by Crippen LogP contribution is -2.49. The lowest BCUT2D eigenvalue weighted by Gasteiger charge is -2.39. The second kappa shape index (κ2) is 11.8. The van der Waals surface area contributed by atoms with Crippen LogP contribution in [0.4, 0.5) is 0 Å². The molecule has 6 nitrogen and oxygen atoms in total. The number of unbranched alkanes of at least 4 members (excludes halogenated alkanes) is 1.